The van der Waals surface area contributed by atoms with Gasteiger partial charge in [0.25, 0.3) is 0 Å². The number of hydrogen-bond acceptors (Lipinski definition) is 12. The molecule has 0 amide bonds. The van der Waals surface area contributed by atoms with Crippen molar-refractivity contribution in [3.05, 3.63) is 47.5 Å². The van der Waals surface area contributed by atoms with Crippen molar-refractivity contribution in [2.24, 2.45) is 11.8 Å². The van der Waals surface area contributed by atoms with Crippen LogP contribution >= 0.6 is 0 Å². The highest BCUT2D eigenvalue weighted by molar-refractivity contribution is 7.86. The molecule has 0 atom stereocenters. The molecule has 3 rings (SSSR count). The number of carbonyl (C=O) groups is 2. The van der Waals surface area contributed by atoms with Crippen molar-refractivity contribution in [3.8, 4) is 23.0 Å². The molecule has 1 aliphatic rings. The molecule has 0 unspecified atom stereocenters. The van der Waals surface area contributed by atoms with Crippen molar-refractivity contribution in [1.82, 2.24) is 0 Å². The highest BCUT2D eigenvalue weighted by Gasteiger charge is 2.59. The average molecular weight is 573 g/mol. The zero-order valence-electron chi connectivity index (χ0n) is 21.5. The molecule has 12 nitrogen and oxygen atoms in total. The van der Waals surface area contributed by atoms with E-state index >= 15 is 0 Å². The number of rotatable bonds is 10. The molecule has 0 saturated heterocycles. The third-order valence-corrected chi connectivity index (χ3v) is 7.09. The molecule has 2 aromatic rings. The predicted octanol–water partition coefficient (Wildman–Crippen LogP) is 1.84. The molecule has 208 valence electrons. The summed E-state index contributed by atoms with van der Waals surface area (Å²) in [5.74, 6) is -4.41. The lowest BCUT2D eigenvalue weighted by Crippen LogP contribution is -2.51. The van der Waals surface area contributed by atoms with Gasteiger partial charge in [0.05, 0.1) is 52.8 Å². The van der Waals surface area contributed by atoms with E-state index in [4.69, 9.17) is 27.3 Å². The molecule has 1 saturated carbocycles. The van der Waals surface area contributed by atoms with Crippen LogP contribution in [-0.2, 0) is 39.3 Å². The summed E-state index contributed by atoms with van der Waals surface area (Å²) in [4.78, 5) is 26.0. The summed E-state index contributed by atoms with van der Waals surface area (Å²) < 4.78 is 77.1. The first-order valence-electron chi connectivity index (χ1n) is 11.0. The Kier molecular flexibility index (Phi) is 8.46. The van der Waals surface area contributed by atoms with Crippen molar-refractivity contribution in [3.63, 3.8) is 0 Å². The van der Waals surface area contributed by atoms with Crippen molar-refractivity contribution in [1.29, 1.82) is 0 Å². The molecule has 14 heteroatoms. The minimum atomic E-state index is -3.85. The summed E-state index contributed by atoms with van der Waals surface area (Å²) in [6.07, 6.45) is 1.77. The lowest BCUT2D eigenvalue weighted by Gasteiger charge is -2.49. The van der Waals surface area contributed by atoms with Gasteiger partial charge in [0.15, 0.2) is 23.0 Å². The van der Waals surface area contributed by atoms with E-state index in [1.807, 2.05) is 0 Å². The molecule has 0 heterocycles. The number of carbonyl (C=O) groups excluding carboxylic acids is 2. The fraction of sp³-hybridized carbons (Fsp3) is 0.417. The molecule has 1 aliphatic carbocycles. The summed E-state index contributed by atoms with van der Waals surface area (Å²) in [6, 6.07) is 8.75. The SMILES string of the molecule is COC(=O)C1C(c2ccc(OS(C)(=O)=O)c(OC)c2)C(C(=O)OC)C1c1ccc(OS(C)(=O)=O)c(OC)c1. The van der Waals surface area contributed by atoms with Crippen molar-refractivity contribution in [2.45, 2.75) is 11.8 Å². The third kappa shape index (κ3) is 6.13. The van der Waals surface area contributed by atoms with Crippen LogP contribution in [0, 0.1) is 11.8 Å². The van der Waals surface area contributed by atoms with Gasteiger partial charge in [0.1, 0.15) is 0 Å². The minimum absolute atomic E-state index is 0.0648. The van der Waals surface area contributed by atoms with Gasteiger partial charge in [-0.25, -0.2) is 0 Å². The molecule has 0 aromatic heterocycles. The summed E-state index contributed by atoms with van der Waals surface area (Å²) in [7, 11) is -2.62. The van der Waals surface area contributed by atoms with Crippen LogP contribution < -0.4 is 17.8 Å². The second-order valence-corrected chi connectivity index (χ2v) is 11.7. The molecule has 1 fully saturated rings. The van der Waals surface area contributed by atoms with Gasteiger partial charge in [-0.2, -0.15) is 16.8 Å². The summed E-state index contributed by atoms with van der Waals surface area (Å²) in [6.45, 7) is 0. The second kappa shape index (κ2) is 11.1. The lowest BCUT2D eigenvalue weighted by atomic mass is 9.52. The molecular weight excluding hydrogens is 544 g/mol. The van der Waals surface area contributed by atoms with Crippen LogP contribution in [0.25, 0.3) is 0 Å². The van der Waals surface area contributed by atoms with E-state index in [9.17, 15) is 26.4 Å². The second-order valence-electron chi connectivity index (χ2n) is 8.54. The van der Waals surface area contributed by atoms with E-state index in [1.165, 1.54) is 64.8 Å². The first-order chi connectivity index (χ1) is 17.7. The van der Waals surface area contributed by atoms with Crippen LogP contribution in [0.3, 0.4) is 0 Å². The maximum atomic E-state index is 13.0. The van der Waals surface area contributed by atoms with Crippen molar-refractivity contribution in [2.75, 3.05) is 41.0 Å². The monoisotopic (exact) mass is 572 g/mol. The quantitative estimate of drug-likeness (QED) is 0.301. The molecule has 38 heavy (non-hydrogen) atoms. The Bertz CT molecular complexity index is 1310. The van der Waals surface area contributed by atoms with E-state index in [2.05, 4.69) is 0 Å². The zero-order valence-corrected chi connectivity index (χ0v) is 23.1. The van der Waals surface area contributed by atoms with Gasteiger partial charge >= 0.3 is 32.2 Å². The fourth-order valence-electron chi connectivity index (χ4n) is 4.68. The van der Waals surface area contributed by atoms with Crippen LogP contribution in [0.4, 0.5) is 0 Å². The molecule has 0 N–H and O–H groups in total. The Morgan fingerprint density at radius 3 is 1.21 bits per heavy atom. The lowest BCUT2D eigenvalue weighted by molar-refractivity contribution is -0.164. The maximum absolute atomic E-state index is 13.0. The Hall–Kier alpha value is -3.52. The standard InChI is InChI=1S/C24H28O12S2/c1-31-17-11-13(7-9-15(17)35-37(5,27)28)19-21(23(25)33-3)20(22(19)24(26)34-4)14-8-10-16(18(12-14)32-2)36-38(6,29)30/h7-12,19-22H,1-6H3. The number of esters is 2. The van der Waals surface area contributed by atoms with Crippen LogP contribution in [-0.4, -0.2) is 69.7 Å². The molecular formula is C24H28O12S2. The number of ether oxygens (including phenoxy) is 4. The van der Waals surface area contributed by atoms with Crippen LogP contribution in [0.2, 0.25) is 0 Å². The fourth-order valence-corrected chi connectivity index (χ4v) is 5.61. The van der Waals surface area contributed by atoms with Gasteiger partial charge in [-0.05, 0) is 35.4 Å². The van der Waals surface area contributed by atoms with Gasteiger partial charge in [-0.15, -0.1) is 0 Å². The molecule has 0 spiro atoms. The summed E-state index contributed by atoms with van der Waals surface area (Å²) in [5, 5.41) is 0. The molecule has 0 radical (unpaired) electrons. The molecule has 2 aromatic carbocycles. The third-order valence-electron chi connectivity index (χ3n) is 6.12. The number of hydrogen-bond donors (Lipinski definition) is 0. The van der Waals surface area contributed by atoms with E-state index in [0.29, 0.717) is 11.1 Å². The van der Waals surface area contributed by atoms with Gasteiger partial charge in [-0.1, -0.05) is 12.1 Å². The minimum Gasteiger partial charge on any atom is -0.493 e. The Labute approximate surface area is 221 Å². The first kappa shape index (κ1) is 29.0. The average Bonchev–Trinajstić information content (AvgIpc) is 2.82. The Balaban J connectivity index is 2.12. The van der Waals surface area contributed by atoms with Crippen molar-refractivity contribution < 1.29 is 53.7 Å². The van der Waals surface area contributed by atoms with Crippen molar-refractivity contribution >= 4 is 32.2 Å². The predicted molar refractivity (Wildman–Crippen MR) is 133 cm³/mol. The van der Waals surface area contributed by atoms with Crippen LogP contribution in [0.15, 0.2) is 36.4 Å². The zero-order chi connectivity index (χ0) is 28.4. The van der Waals surface area contributed by atoms with E-state index in [-0.39, 0.29) is 23.0 Å². The van der Waals surface area contributed by atoms with E-state index < -0.39 is 55.8 Å². The topological polar surface area (TPSA) is 158 Å². The first-order valence-corrected chi connectivity index (χ1v) is 14.7. The summed E-state index contributed by atoms with van der Waals surface area (Å²) in [5.41, 5.74) is 0.961. The van der Waals surface area contributed by atoms with Gasteiger partial charge in [0, 0.05) is 11.8 Å². The summed E-state index contributed by atoms with van der Waals surface area (Å²) >= 11 is 0. The highest BCUT2D eigenvalue weighted by Crippen LogP contribution is 2.59. The van der Waals surface area contributed by atoms with Gasteiger partial charge < -0.3 is 27.3 Å². The van der Waals surface area contributed by atoms with Crippen LogP contribution in [0.1, 0.15) is 23.0 Å². The van der Waals surface area contributed by atoms with Gasteiger partial charge in [-0.3, -0.25) is 9.59 Å². The van der Waals surface area contributed by atoms with E-state index in [0.717, 1.165) is 12.5 Å². The van der Waals surface area contributed by atoms with E-state index in [1.54, 1.807) is 0 Å². The number of methoxy groups -OCH3 is 4. The molecule has 0 bridgehead atoms. The Morgan fingerprint density at radius 1 is 0.605 bits per heavy atom. The molecule has 0 aliphatic heterocycles. The normalized spacial score (nSPS) is 21.0. The Morgan fingerprint density at radius 2 is 0.947 bits per heavy atom. The largest absolute Gasteiger partial charge is 0.493 e. The van der Waals surface area contributed by atoms with Gasteiger partial charge in [0.2, 0.25) is 0 Å². The maximum Gasteiger partial charge on any atom is 0.309 e. The highest BCUT2D eigenvalue weighted by atomic mass is 32.2. The number of benzene rings is 2. The smallest absolute Gasteiger partial charge is 0.309 e. The van der Waals surface area contributed by atoms with Crippen LogP contribution in [0.5, 0.6) is 23.0 Å².